The monoisotopic (exact) mass is 264 g/mol. The van der Waals surface area contributed by atoms with Crippen LogP contribution in [0, 0.1) is 17.2 Å². The van der Waals surface area contributed by atoms with E-state index in [1.54, 1.807) is 17.0 Å². The molecule has 1 fully saturated rings. The van der Waals surface area contributed by atoms with Gasteiger partial charge in [-0.05, 0) is 29.0 Å². The molecule has 1 heterocycles. The van der Waals surface area contributed by atoms with Crippen LogP contribution >= 0.6 is 0 Å². The number of benzene rings is 1. The van der Waals surface area contributed by atoms with E-state index >= 15 is 0 Å². The normalized spacial score (nSPS) is 20.1. The molecule has 1 saturated heterocycles. The highest BCUT2D eigenvalue weighted by Gasteiger charge is 2.36. The summed E-state index contributed by atoms with van der Waals surface area (Å²) >= 11 is 0. The zero-order chi connectivity index (χ0) is 14.2. The van der Waals surface area contributed by atoms with Gasteiger partial charge >= 0.3 is 0 Å². The van der Waals surface area contributed by atoms with Gasteiger partial charge in [0.2, 0.25) is 5.91 Å². The van der Waals surface area contributed by atoms with E-state index in [2.05, 4.69) is 20.8 Å². The highest BCUT2D eigenvalue weighted by Crippen LogP contribution is 2.34. The summed E-state index contributed by atoms with van der Waals surface area (Å²) in [5, 5.41) is 0. The van der Waals surface area contributed by atoms with Crippen molar-refractivity contribution < 1.29 is 9.18 Å². The van der Waals surface area contributed by atoms with E-state index in [0.717, 1.165) is 12.1 Å². The molecule has 1 aromatic rings. The maximum atomic E-state index is 13.4. The average Bonchev–Trinajstić information content (AvgIpc) is 2.65. The van der Waals surface area contributed by atoms with E-state index in [1.165, 1.54) is 6.07 Å². The summed E-state index contributed by atoms with van der Waals surface area (Å²) < 4.78 is 13.4. The van der Waals surface area contributed by atoms with Crippen LogP contribution in [0.3, 0.4) is 0 Å². The predicted molar refractivity (Wildman–Crippen MR) is 73.8 cm³/mol. The molecule has 0 radical (unpaired) electrons. The number of anilines is 1. The lowest BCUT2D eigenvalue weighted by Crippen LogP contribution is -2.27. The van der Waals surface area contributed by atoms with E-state index in [9.17, 15) is 9.18 Å². The topological polar surface area (TPSA) is 46.3 Å². The Bertz CT molecular complexity index is 493. The van der Waals surface area contributed by atoms with Crippen LogP contribution in [0.15, 0.2) is 18.2 Å². The summed E-state index contributed by atoms with van der Waals surface area (Å²) in [5.41, 5.74) is 6.50. The summed E-state index contributed by atoms with van der Waals surface area (Å²) in [5.74, 6) is 0.0901. The molecule has 0 aromatic heterocycles. The van der Waals surface area contributed by atoms with Crippen LogP contribution in [-0.2, 0) is 11.3 Å². The SMILES string of the molecule is CC(C)(C)C1CC(=O)N(Cc2ccc(N)c(F)c2)C1. The third-order valence-electron chi connectivity index (χ3n) is 3.88. The van der Waals surface area contributed by atoms with Crippen LogP contribution in [0.4, 0.5) is 10.1 Å². The van der Waals surface area contributed by atoms with Gasteiger partial charge < -0.3 is 10.6 Å². The van der Waals surface area contributed by atoms with E-state index in [0.29, 0.717) is 18.9 Å². The number of amides is 1. The molecule has 1 amide bonds. The first-order valence-electron chi connectivity index (χ1n) is 6.59. The number of hydrogen-bond acceptors (Lipinski definition) is 2. The highest BCUT2D eigenvalue weighted by molar-refractivity contribution is 5.78. The first kappa shape index (κ1) is 13.8. The summed E-state index contributed by atoms with van der Waals surface area (Å²) in [4.78, 5) is 13.8. The summed E-state index contributed by atoms with van der Waals surface area (Å²) in [6, 6.07) is 4.73. The van der Waals surface area contributed by atoms with Crippen molar-refractivity contribution in [2.75, 3.05) is 12.3 Å². The van der Waals surface area contributed by atoms with E-state index < -0.39 is 5.82 Å². The second-order valence-electron chi connectivity index (χ2n) is 6.40. The van der Waals surface area contributed by atoms with Gasteiger partial charge in [-0.25, -0.2) is 4.39 Å². The number of carbonyl (C=O) groups is 1. The van der Waals surface area contributed by atoms with Gasteiger partial charge in [-0.15, -0.1) is 0 Å². The highest BCUT2D eigenvalue weighted by atomic mass is 19.1. The Morgan fingerprint density at radius 2 is 2.11 bits per heavy atom. The van der Waals surface area contributed by atoms with Crippen molar-refractivity contribution >= 4 is 11.6 Å². The van der Waals surface area contributed by atoms with Crippen LogP contribution in [0.5, 0.6) is 0 Å². The molecule has 3 nitrogen and oxygen atoms in total. The van der Waals surface area contributed by atoms with E-state index in [-0.39, 0.29) is 17.0 Å². The van der Waals surface area contributed by atoms with Gasteiger partial charge in [0, 0.05) is 19.5 Å². The van der Waals surface area contributed by atoms with Crippen LogP contribution in [0.2, 0.25) is 0 Å². The maximum absolute atomic E-state index is 13.4. The second kappa shape index (κ2) is 4.83. The molecule has 2 rings (SSSR count). The summed E-state index contributed by atoms with van der Waals surface area (Å²) in [6.45, 7) is 7.66. The van der Waals surface area contributed by atoms with Gasteiger partial charge in [0.15, 0.2) is 0 Å². The third kappa shape index (κ3) is 3.06. The van der Waals surface area contributed by atoms with Gasteiger partial charge in [0.25, 0.3) is 0 Å². The number of halogens is 1. The molecule has 0 bridgehead atoms. The zero-order valence-corrected chi connectivity index (χ0v) is 11.7. The number of nitrogens with two attached hydrogens (primary N) is 1. The quantitative estimate of drug-likeness (QED) is 0.835. The number of carbonyl (C=O) groups excluding carboxylic acids is 1. The van der Waals surface area contributed by atoms with E-state index in [1.807, 2.05) is 0 Å². The molecule has 1 aliphatic rings. The van der Waals surface area contributed by atoms with Crippen molar-refractivity contribution in [2.45, 2.75) is 33.7 Å². The molecule has 19 heavy (non-hydrogen) atoms. The smallest absolute Gasteiger partial charge is 0.223 e. The van der Waals surface area contributed by atoms with Gasteiger partial charge in [-0.2, -0.15) is 0 Å². The molecule has 2 N–H and O–H groups in total. The van der Waals surface area contributed by atoms with Crippen LogP contribution < -0.4 is 5.73 Å². The fourth-order valence-corrected chi connectivity index (χ4v) is 2.39. The number of hydrogen-bond donors (Lipinski definition) is 1. The number of rotatable bonds is 2. The van der Waals surface area contributed by atoms with Gasteiger partial charge in [0.1, 0.15) is 5.82 Å². The molecule has 1 aliphatic heterocycles. The zero-order valence-electron chi connectivity index (χ0n) is 11.7. The van der Waals surface area contributed by atoms with Gasteiger partial charge in [-0.3, -0.25) is 4.79 Å². The minimum absolute atomic E-state index is 0.122. The standard InChI is InChI=1S/C15H21FN2O/c1-15(2,3)11-7-14(19)18(9-11)8-10-4-5-13(17)12(16)6-10/h4-6,11H,7-9,17H2,1-3H3. The molecule has 0 aliphatic carbocycles. The molecular formula is C15H21FN2O. The lowest BCUT2D eigenvalue weighted by Gasteiger charge is -2.26. The minimum atomic E-state index is -0.420. The Kier molecular flexibility index (Phi) is 3.52. The van der Waals surface area contributed by atoms with Crippen LogP contribution in [0.25, 0.3) is 0 Å². The fraction of sp³-hybridized carbons (Fsp3) is 0.533. The molecule has 4 heteroatoms. The average molecular weight is 264 g/mol. The third-order valence-corrected chi connectivity index (χ3v) is 3.88. The maximum Gasteiger partial charge on any atom is 0.223 e. The minimum Gasteiger partial charge on any atom is -0.396 e. The first-order chi connectivity index (χ1) is 8.77. The molecule has 0 saturated carbocycles. The Labute approximate surface area is 113 Å². The van der Waals surface area contributed by atoms with Crippen molar-refractivity contribution in [1.82, 2.24) is 4.90 Å². The Hall–Kier alpha value is -1.58. The lowest BCUT2D eigenvalue weighted by atomic mass is 9.80. The van der Waals surface area contributed by atoms with Crippen molar-refractivity contribution in [1.29, 1.82) is 0 Å². The summed E-state index contributed by atoms with van der Waals surface area (Å²) in [6.07, 6.45) is 0.584. The van der Waals surface area contributed by atoms with Gasteiger partial charge in [-0.1, -0.05) is 26.8 Å². The first-order valence-corrected chi connectivity index (χ1v) is 6.59. The van der Waals surface area contributed by atoms with Crippen molar-refractivity contribution in [3.8, 4) is 0 Å². The largest absolute Gasteiger partial charge is 0.396 e. The Morgan fingerprint density at radius 1 is 1.42 bits per heavy atom. The molecule has 1 atom stereocenters. The number of likely N-dealkylation sites (tertiary alicyclic amines) is 1. The van der Waals surface area contributed by atoms with Crippen LogP contribution in [-0.4, -0.2) is 17.4 Å². The van der Waals surface area contributed by atoms with Crippen LogP contribution in [0.1, 0.15) is 32.8 Å². The fourth-order valence-electron chi connectivity index (χ4n) is 2.39. The Balaban J connectivity index is 2.07. The summed E-state index contributed by atoms with van der Waals surface area (Å²) in [7, 11) is 0. The molecular weight excluding hydrogens is 243 g/mol. The van der Waals surface area contributed by atoms with E-state index in [4.69, 9.17) is 5.73 Å². The van der Waals surface area contributed by atoms with Gasteiger partial charge in [0.05, 0.1) is 5.69 Å². The molecule has 104 valence electrons. The lowest BCUT2D eigenvalue weighted by molar-refractivity contribution is -0.128. The number of nitrogen functional groups attached to an aromatic ring is 1. The Morgan fingerprint density at radius 3 is 2.63 bits per heavy atom. The van der Waals surface area contributed by atoms with Crippen molar-refractivity contribution in [3.05, 3.63) is 29.6 Å². The predicted octanol–water partition coefficient (Wildman–Crippen LogP) is 2.80. The van der Waals surface area contributed by atoms with Crippen molar-refractivity contribution in [3.63, 3.8) is 0 Å². The van der Waals surface area contributed by atoms with Crippen molar-refractivity contribution in [2.24, 2.45) is 11.3 Å². The second-order valence-corrected chi connectivity index (χ2v) is 6.40. The molecule has 0 spiro atoms. The molecule has 1 unspecified atom stereocenters. The molecule has 1 aromatic carbocycles. The number of nitrogens with zero attached hydrogens (tertiary/aromatic N) is 1.